The van der Waals surface area contributed by atoms with Gasteiger partial charge in [0.15, 0.2) is 5.13 Å². The molecule has 3 aromatic rings. The van der Waals surface area contributed by atoms with E-state index in [1.54, 1.807) is 7.05 Å². The van der Waals surface area contributed by atoms with Gasteiger partial charge in [0.05, 0.1) is 17.0 Å². The van der Waals surface area contributed by atoms with E-state index in [9.17, 15) is 18.0 Å². The lowest BCUT2D eigenvalue weighted by molar-refractivity contribution is -0.115. The van der Waals surface area contributed by atoms with Gasteiger partial charge in [-0.15, -0.1) is 11.3 Å². The van der Waals surface area contributed by atoms with Gasteiger partial charge >= 0.3 is 0 Å². The molecule has 1 aliphatic rings. The first-order valence-corrected chi connectivity index (χ1v) is 13.9. The van der Waals surface area contributed by atoms with Gasteiger partial charge in [0, 0.05) is 35.8 Å². The Kier molecular flexibility index (Phi) is 7.63. The summed E-state index contributed by atoms with van der Waals surface area (Å²) in [5.41, 5.74) is 3.65. The van der Waals surface area contributed by atoms with Crippen LogP contribution in [-0.2, 0) is 21.2 Å². The maximum absolute atomic E-state index is 12.8. The molecule has 1 aliphatic heterocycles. The molecule has 1 aromatic heterocycles. The highest BCUT2D eigenvalue weighted by atomic mass is 32.2. The summed E-state index contributed by atoms with van der Waals surface area (Å²) >= 11 is 1.30. The van der Waals surface area contributed by atoms with Crippen LogP contribution < -0.4 is 10.6 Å². The lowest BCUT2D eigenvalue weighted by Gasteiger charge is -2.17. The standard InChI is InChI=1S/C25H28N4O4S2/c1-3-4-5-6-13-29(2)35(32,33)20-10-7-17(8-11-20)24(31)28-25-27-22(16-34-25)18-9-12-21-19(14-18)15-23(30)26-21/h7-12,14,16H,3-6,13,15H2,1-2H3,(H,26,30)(H,27,28,31). The highest BCUT2D eigenvalue weighted by Gasteiger charge is 2.21. The van der Waals surface area contributed by atoms with Gasteiger partial charge in [0.2, 0.25) is 15.9 Å². The van der Waals surface area contributed by atoms with Crippen molar-refractivity contribution in [2.75, 3.05) is 24.2 Å². The Bertz CT molecular complexity index is 1330. The van der Waals surface area contributed by atoms with E-state index in [1.165, 1.54) is 39.9 Å². The third kappa shape index (κ3) is 5.77. The number of amides is 2. The second-order valence-electron chi connectivity index (χ2n) is 8.50. The molecule has 35 heavy (non-hydrogen) atoms. The summed E-state index contributed by atoms with van der Waals surface area (Å²) < 4.78 is 26.9. The van der Waals surface area contributed by atoms with E-state index in [0.717, 1.165) is 42.5 Å². The molecular formula is C25H28N4O4S2. The van der Waals surface area contributed by atoms with Crippen LogP contribution in [0.5, 0.6) is 0 Å². The second-order valence-corrected chi connectivity index (χ2v) is 11.4. The fraction of sp³-hybridized carbons (Fsp3) is 0.320. The topological polar surface area (TPSA) is 108 Å². The number of carbonyl (C=O) groups excluding carboxylic acids is 2. The number of benzene rings is 2. The Morgan fingerprint density at radius 2 is 1.91 bits per heavy atom. The summed E-state index contributed by atoms with van der Waals surface area (Å²) in [6.07, 6.45) is 4.34. The number of nitrogens with one attached hydrogen (secondary N) is 2. The predicted molar refractivity (Wildman–Crippen MR) is 138 cm³/mol. The molecule has 0 saturated carbocycles. The number of rotatable bonds is 10. The summed E-state index contributed by atoms with van der Waals surface area (Å²) in [5.74, 6) is -0.396. The van der Waals surface area contributed by atoms with Gasteiger partial charge in [0.1, 0.15) is 0 Å². The predicted octanol–water partition coefficient (Wildman–Crippen LogP) is 4.76. The van der Waals surface area contributed by atoms with Crippen molar-refractivity contribution in [3.8, 4) is 11.3 Å². The molecule has 0 atom stereocenters. The number of sulfonamides is 1. The van der Waals surface area contributed by atoms with E-state index in [1.807, 2.05) is 23.6 Å². The van der Waals surface area contributed by atoms with E-state index >= 15 is 0 Å². The number of fused-ring (bicyclic) bond motifs is 1. The van der Waals surface area contributed by atoms with Gasteiger partial charge in [-0.05, 0) is 48.4 Å². The minimum absolute atomic E-state index is 0.0270. The highest BCUT2D eigenvalue weighted by molar-refractivity contribution is 7.89. The van der Waals surface area contributed by atoms with Crippen LogP contribution >= 0.6 is 11.3 Å². The van der Waals surface area contributed by atoms with Crippen LogP contribution in [0.3, 0.4) is 0 Å². The third-order valence-electron chi connectivity index (χ3n) is 5.90. The van der Waals surface area contributed by atoms with Gasteiger partial charge in [-0.2, -0.15) is 0 Å². The molecule has 184 valence electrons. The van der Waals surface area contributed by atoms with Crippen LogP contribution in [0.1, 0.15) is 48.5 Å². The number of aromatic nitrogens is 1. The maximum atomic E-state index is 12.8. The Balaban J connectivity index is 1.39. The molecule has 8 nitrogen and oxygen atoms in total. The number of unbranched alkanes of at least 4 members (excludes halogenated alkanes) is 3. The number of anilines is 2. The van der Waals surface area contributed by atoms with Gasteiger partial charge in [-0.3, -0.25) is 14.9 Å². The average Bonchev–Trinajstić information content (AvgIpc) is 3.46. The van der Waals surface area contributed by atoms with Crippen LogP contribution in [-0.4, -0.2) is 43.1 Å². The fourth-order valence-electron chi connectivity index (χ4n) is 3.86. The van der Waals surface area contributed by atoms with Crippen LogP contribution in [0.15, 0.2) is 52.7 Å². The van der Waals surface area contributed by atoms with Crippen LogP contribution in [0.4, 0.5) is 10.8 Å². The van der Waals surface area contributed by atoms with Crippen molar-refractivity contribution in [2.24, 2.45) is 0 Å². The minimum Gasteiger partial charge on any atom is -0.326 e. The van der Waals surface area contributed by atoms with Crippen molar-refractivity contribution < 1.29 is 18.0 Å². The zero-order chi connectivity index (χ0) is 25.0. The molecule has 0 aliphatic carbocycles. The molecule has 0 radical (unpaired) electrons. The molecule has 10 heteroatoms. The third-order valence-corrected chi connectivity index (χ3v) is 8.53. The molecule has 0 bridgehead atoms. The second kappa shape index (κ2) is 10.7. The fourth-order valence-corrected chi connectivity index (χ4v) is 5.79. The average molecular weight is 513 g/mol. The van der Waals surface area contributed by atoms with Gasteiger partial charge in [-0.25, -0.2) is 17.7 Å². The summed E-state index contributed by atoms with van der Waals surface area (Å²) in [6, 6.07) is 11.6. The normalized spacial score (nSPS) is 13.1. The first kappa shape index (κ1) is 25.0. The number of hydrogen-bond donors (Lipinski definition) is 2. The SMILES string of the molecule is CCCCCCN(C)S(=O)(=O)c1ccc(C(=O)Nc2nc(-c3ccc4c(c3)CC(=O)N4)cs2)cc1. The quantitative estimate of drug-likeness (QED) is 0.381. The molecule has 0 fully saturated rings. The smallest absolute Gasteiger partial charge is 0.257 e. The van der Waals surface area contributed by atoms with Crippen molar-refractivity contribution in [3.05, 3.63) is 59.0 Å². The van der Waals surface area contributed by atoms with E-state index in [4.69, 9.17) is 0 Å². The number of nitrogens with zero attached hydrogens (tertiary/aromatic N) is 2. The van der Waals surface area contributed by atoms with E-state index in [0.29, 0.717) is 29.4 Å². The van der Waals surface area contributed by atoms with Crippen molar-refractivity contribution >= 4 is 44.0 Å². The maximum Gasteiger partial charge on any atom is 0.257 e. The van der Waals surface area contributed by atoms with Crippen molar-refractivity contribution in [2.45, 2.75) is 43.9 Å². The Labute approximate surface area is 209 Å². The highest BCUT2D eigenvalue weighted by Crippen LogP contribution is 2.31. The zero-order valence-electron chi connectivity index (χ0n) is 19.7. The molecule has 0 spiro atoms. The largest absolute Gasteiger partial charge is 0.326 e. The number of hydrogen-bond acceptors (Lipinski definition) is 6. The zero-order valence-corrected chi connectivity index (χ0v) is 21.3. The summed E-state index contributed by atoms with van der Waals surface area (Å²) in [4.78, 5) is 28.9. The molecular weight excluding hydrogens is 484 g/mol. The molecule has 0 unspecified atom stereocenters. The Hall–Kier alpha value is -3.08. The Morgan fingerprint density at radius 1 is 1.14 bits per heavy atom. The van der Waals surface area contributed by atoms with E-state index in [-0.39, 0.29) is 16.7 Å². The molecule has 4 rings (SSSR count). The molecule has 2 N–H and O–H groups in total. The van der Waals surface area contributed by atoms with Crippen LogP contribution in [0, 0.1) is 0 Å². The molecule has 2 amide bonds. The van der Waals surface area contributed by atoms with Crippen molar-refractivity contribution in [1.82, 2.24) is 9.29 Å². The van der Waals surface area contributed by atoms with Crippen molar-refractivity contribution in [1.29, 1.82) is 0 Å². The monoisotopic (exact) mass is 512 g/mol. The van der Waals surface area contributed by atoms with Gasteiger partial charge in [0.25, 0.3) is 5.91 Å². The number of carbonyl (C=O) groups is 2. The summed E-state index contributed by atoms with van der Waals surface area (Å²) in [5, 5.41) is 7.85. The van der Waals surface area contributed by atoms with Gasteiger partial charge in [-0.1, -0.05) is 32.3 Å². The molecule has 2 aromatic carbocycles. The summed E-state index contributed by atoms with van der Waals surface area (Å²) in [6.45, 7) is 2.58. The first-order valence-electron chi connectivity index (χ1n) is 11.5. The summed E-state index contributed by atoms with van der Waals surface area (Å²) in [7, 11) is -2.02. The first-order chi connectivity index (χ1) is 16.8. The lowest BCUT2D eigenvalue weighted by Crippen LogP contribution is -2.28. The molecule has 0 saturated heterocycles. The van der Waals surface area contributed by atoms with Crippen LogP contribution in [0.25, 0.3) is 11.3 Å². The van der Waals surface area contributed by atoms with Crippen molar-refractivity contribution in [3.63, 3.8) is 0 Å². The molecule has 2 heterocycles. The number of thiazole rings is 1. The Morgan fingerprint density at radius 3 is 2.66 bits per heavy atom. The van der Waals surface area contributed by atoms with E-state index < -0.39 is 10.0 Å². The minimum atomic E-state index is -3.60. The van der Waals surface area contributed by atoms with E-state index in [2.05, 4.69) is 22.5 Å². The van der Waals surface area contributed by atoms with Crippen LogP contribution in [0.2, 0.25) is 0 Å². The van der Waals surface area contributed by atoms with Gasteiger partial charge < -0.3 is 5.32 Å². The lowest BCUT2D eigenvalue weighted by atomic mass is 10.1.